The Hall–Kier alpha value is -1.74. The summed E-state index contributed by atoms with van der Waals surface area (Å²) in [6.07, 6.45) is 1.95. The lowest BCUT2D eigenvalue weighted by Gasteiger charge is -2.07. The molecular weight excluding hydrogens is 253 g/mol. The van der Waals surface area contributed by atoms with Crippen LogP contribution in [0.2, 0.25) is 5.02 Å². The van der Waals surface area contributed by atoms with Gasteiger partial charge in [0.25, 0.3) is 0 Å². The Balaban J connectivity index is 2.49. The molecule has 0 aliphatic rings. The minimum Gasteiger partial charge on any atom is -0.288 e. The van der Waals surface area contributed by atoms with Gasteiger partial charge in [-0.1, -0.05) is 18.5 Å². The van der Waals surface area contributed by atoms with E-state index < -0.39 is 5.95 Å². The molecule has 1 aromatic heterocycles. The summed E-state index contributed by atoms with van der Waals surface area (Å²) in [5.74, 6) is -1.09. The van der Waals surface area contributed by atoms with E-state index in [9.17, 15) is 9.18 Å². The summed E-state index contributed by atoms with van der Waals surface area (Å²) in [6, 6.07) is 8.03. The predicted octanol–water partition coefficient (Wildman–Crippen LogP) is 3.67. The molecule has 1 heterocycles. The van der Waals surface area contributed by atoms with Crippen molar-refractivity contribution in [3.05, 3.63) is 64.2 Å². The molecule has 0 fully saturated rings. The highest BCUT2D eigenvalue weighted by Crippen LogP contribution is 2.18. The molecule has 0 aliphatic heterocycles. The number of ketones is 1. The van der Waals surface area contributed by atoms with Crippen LogP contribution in [0.5, 0.6) is 0 Å². The highest BCUT2D eigenvalue weighted by molar-refractivity contribution is 6.30. The van der Waals surface area contributed by atoms with E-state index in [1.165, 1.54) is 6.20 Å². The first-order chi connectivity index (χ1) is 8.63. The van der Waals surface area contributed by atoms with Gasteiger partial charge in [-0.25, -0.2) is 4.98 Å². The summed E-state index contributed by atoms with van der Waals surface area (Å²) < 4.78 is 13.7. The maximum atomic E-state index is 13.7. The zero-order chi connectivity index (χ0) is 13.1. The molecule has 2 aromatic rings. The fourth-order valence-corrected chi connectivity index (χ4v) is 1.88. The molecule has 2 nitrogen and oxygen atoms in total. The number of carbonyl (C=O) groups is 1. The van der Waals surface area contributed by atoms with Crippen LogP contribution in [-0.4, -0.2) is 10.8 Å². The van der Waals surface area contributed by atoms with Gasteiger partial charge in [-0.2, -0.15) is 4.39 Å². The molecule has 1 aromatic carbocycles. The van der Waals surface area contributed by atoms with E-state index in [1.807, 2.05) is 6.92 Å². The first-order valence-corrected chi connectivity index (χ1v) is 5.95. The second-order valence-corrected chi connectivity index (χ2v) is 4.26. The lowest BCUT2D eigenvalue weighted by atomic mass is 9.99. The number of pyridine rings is 1. The average Bonchev–Trinajstić information content (AvgIpc) is 2.38. The third-order valence-electron chi connectivity index (χ3n) is 2.71. The lowest BCUT2D eigenvalue weighted by Crippen LogP contribution is -2.09. The first kappa shape index (κ1) is 12.7. The molecular formula is C14H11ClFNO. The maximum absolute atomic E-state index is 13.7. The first-order valence-electron chi connectivity index (χ1n) is 5.57. The van der Waals surface area contributed by atoms with Crippen LogP contribution < -0.4 is 0 Å². The van der Waals surface area contributed by atoms with Crippen molar-refractivity contribution in [2.24, 2.45) is 0 Å². The second-order valence-electron chi connectivity index (χ2n) is 3.83. The largest absolute Gasteiger partial charge is 0.288 e. The van der Waals surface area contributed by atoms with Crippen LogP contribution in [0.25, 0.3) is 0 Å². The lowest BCUT2D eigenvalue weighted by molar-refractivity contribution is 0.103. The van der Waals surface area contributed by atoms with Crippen LogP contribution in [-0.2, 0) is 6.42 Å². The number of benzene rings is 1. The Morgan fingerprint density at radius 3 is 2.56 bits per heavy atom. The number of rotatable bonds is 3. The number of aromatic nitrogens is 1. The molecule has 0 unspecified atom stereocenters. The van der Waals surface area contributed by atoms with Gasteiger partial charge in [0.1, 0.15) is 0 Å². The summed E-state index contributed by atoms with van der Waals surface area (Å²) in [5, 5.41) is 0.536. The molecule has 2 rings (SSSR count). The van der Waals surface area contributed by atoms with Crippen molar-refractivity contribution < 1.29 is 9.18 Å². The van der Waals surface area contributed by atoms with E-state index in [0.717, 1.165) is 0 Å². The maximum Gasteiger partial charge on any atom is 0.224 e. The normalized spacial score (nSPS) is 10.4. The van der Waals surface area contributed by atoms with Crippen LogP contribution in [0.3, 0.4) is 0 Å². The third kappa shape index (κ3) is 2.41. The highest BCUT2D eigenvalue weighted by atomic mass is 35.5. The summed E-state index contributed by atoms with van der Waals surface area (Å²) in [5.41, 5.74) is 1.10. The Labute approximate surface area is 109 Å². The molecule has 0 bridgehead atoms. The quantitative estimate of drug-likeness (QED) is 0.625. The van der Waals surface area contributed by atoms with E-state index in [4.69, 9.17) is 11.6 Å². The molecule has 0 spiro atoms. The third-order valence-corrected chi connectivity index (χ3v) is 2.96. The fraction of sp³-hybridized carbons (Fsp3) is 0.143. The molecule has 0 saturated carbocycles. The van der Waals surface area contributed by atoms with Gasteiger partial charge in [-0.05, 0) is 42.3 Å². The number of hydrogen-bond donors (Lipinski definition) is 0. The standard InChI is InChI=1S/C14H11ClFNO/c1-2-9-7-8-17-14(16)12(9)13(18)10-3-5-11(15)6-4-10/h3-8H,2H2,1H3. The summed E-state index contributed by atoms with van der Waals surface area (Å²) >= 11 is 5.75. The van der Waals surface area contributed by atoms with Gasteiger partial charge in [0, 0.05) is 16.8 Å². The topological polar surface area (TPSA) is 30.0 Å². The van der Waals surface area contributed by atoms with E-state index in [2.05, 4.69) is 4.98 Å². The molecule has 18 heavy (non-hydrogen) atoms. The minimum atomic E-state index is -0.727. The molecule has 0 saturated heterocycles. The van der Waals surface area contributed by atoms with Gasteiger partial charge < -0.3 is 0 Å². The Kier molecular flexibility index (Phi) is 3.72. The van der Waals surface area contributed by atoms with Crippen LogP contribution >= 0.6 is 11.6 Å². The monoisotopic (exact) mass is 263 g/mol. The summed E-state index contributed by atoms with van der Waals surface area (Å²) in [6.45, 7) is 1.87. The molecule has 0 N–H and O–H groups in total. The number of hydrogen-bond acceptors (Lipinski definition) is 2. The molecule has 0 amide bonds. The van der Waals surface area contributed by atoms with Crippen LogP contribution in [0.1, 0.15) is 28.4 Å². The van der Waals surface area contributed by atoms with Crippen molar-refractivity contribution in [1.29, 1.82) is 0 Å². The van der Waals surface area contributed by atoms with Crippen molar-refractivity contribution in [2.45, 2.75) is 13.3 Å². The smallest absolute Gasteiger partial charge is 0.224 e. The van der Waals surface area contributed by atoms with Gasteiger partial charge in [-0.15, -0.1) is 0 Å². The van der Waals surface area contributed by atoms with Crippen molar-refractivity contribution in [3.63, 3.8) is 0 Å². The Bertz CT molecular complexity index is 581. The molecule has 92 valence electrons. The van der Waals surface area contributed by atoms with Crippen molar-refractivity contribution in [1.82, 2.24) is 4.98 Å². The van der Waals surface area contributed by atoms with Gasteiger partial charge in [0.15, 0.2) is 5.78 Å². The Morgan fingerprint density at radius 2 is 1.94 bits per heavy atom. The van der Waals surface area contributed by atoms with Crippen molar-refractivity contribution >= 4 is 17.4 Å². The van der Waals surface area contributed by atoms with Gasteiger partial charge in [0.05, 0.1) is 5.56 Å². The molecule has 0 aliphatic carbocycles. The average molecular weight is 264 g/mol. The zero-order valence-electron chi connectivity index (χ0n) is 9.78. The summed E-state index contributed by atoms with van der Waals surface area (Å²) in [7, 11) is 0. The van der Waals surface area contributed by atoms with E-state index in [1.54, 1.807) is 30.3 Å². The van der Waals surface area contributed by atoms with Crippen LogP contribution in [0.15, 0.2) is 36.5 Å². The SMILES string of the molecule is CCc1ccnc(F)c1C(=O)c1ccc(Cl)cc1. The zero-order valence-corrected chi connectivity index (χ0v) is 10.5. The van der Waals surface area contributed by atoms with Crippen LogP contribution in [0.4, 0.5) is 4.39 Å². The van der Waals surface area contributed by atoms with E-state index in [-0.39, 0.29) is 11.3 Å². The van der Waals surface area contributed by atoms with E-state index >= 15 is 0 Å². The molecule has 0 atom stereocenters. The number of carbonyl (C=O) groups excluding carboxylic acids is 1. The van der Waals surface area contributed by atoms with Gasteiger partial charge in [-0.3, -0.25) is 4.79 Å². The van der Waals surface area contributed by atoms with Crippen molar-refractivity contribution in [3.8, 4) is 0 Å². The number of nitrogens with zero attached hydrogens (tertiary/aromatic N) is 1. The van der Waals surface area contributed by atoms with Gasteiger partial charge in [0.2, 0.25) is 5.95 Å². The molecule has 0 radical (unpaired) electrons. The minimum absolute atomic E-state index is 0.0438. The van der Waals surface area contributed by atoms with Crippen molar-refractivity contribution in [2.75, 3.05) is 0 Å². The second kappa shape index (κ2) is 5.27. The summed E-state index contributed by atoms with van der Waals surface area (Å²) in [4.78, 5) is 15.8. The fourth-order valence-electron chi connectivity index (χ4n) is 1.75. The van der Waals surface area contributed by atoms with Gasteiger partial charge >= 0.3 is 0 Å². The highest BCUT2D eigenvalue weighted by Gasteiger charge is 2.18. The predicted molar refractivity (Wildman–Crippen MR) is 68.5 cm³/mol. The molecule has 4 heteroatoms. The van der Waals surface area contributed by atoms with Crippen LogP contribution in [0, 0.1) is 5.95 Å². The Morgan fingerprint density at radius 1 is 1.28 bits per heavy atom. The number of aryl methyl sites for hydroxylation is 1. The van der Waals surface area contributed by atoms with E-state index in [0.29, 0.717) is 22.6 Å². The number of halogens is 2.